The van der Waals surface area contributed by atoms with Crippen molar-refractivity contribution in [3.05, 3.63) is 34.9 Å². The van der Waals surface area contributed by atoms with Gasteiger partial charge >= 0.3 is 5.97 Å². The molecule has 3 rings (SSSR count). The number of unbranched alkanes of at least 4 members (excludes halogenated alkanes) is 3. The summed E-state index contributed by atoms with van der Waals surface area (Å²) in [6.07, 6.45) is 7.95. The Morgan fingerprint density at radius 1 is 1.03 bits per heavy atom. The number of fused-ring (bicyclic) bond motifs is 1. The molecule has 2 aliphatic carbocycles. The zero-order chi connectivity index (χ0) is 25.7. The van der Waals surface area contributed by atoms with Crippen molar-refractivity contribution in [2.75, 3.05) is 6.61 Å². The molecule has 1 aromatic rings. The molecule has 0 saturated heterocycles. The number of benzene rings is 1. The smallest absolute Gasteiger partial charge is 0.311 e. The second kappa shape index (κ2) is 8.91. The van der Waals surface area contributed by atoms with Crippen LogP contribution < -0.4 is 0 Å². The van der Waals surface area contributed by atoms with Crippen molar-refractivity contribution < 1.29 is 19.7 Å². The highest BCUT2D eigenvalue weighted by atomic mass is 16.5. The summed E-state index contributed by atoms with van der Waals surface area (Å²) in [6, 6.07) is 3.73. The van der Waals surface area contributed by atoms with Crippen molar-refractivity contribution in [3.63, 3.8) is 0 Å². The molecule has 4 nitrogen and oxygen atoms in total. The van der Waals surface area contributed by atoms with Gasteiger partial charge in [-0.25, -0.2) is 0 Å². The quantitative estimate of drug-likeness (QED) is 0.224. The second-order valence-corrected chi connectivity index (χ2v) is 13.0. The summed E-state index contributed by atoms with van der Waals surface area (Å²) in [6.45, 7) is 19.1. The van der Waals surface area contributed by atoms with E-state index in [0.29, 0.717) is 5.56 Å². The van der Waals surface area contributed by atoms with Gasteiger partial charge in [-0.15, -0.1) is 0 Å². The first-order valence-corrected chi connectivity index (χ1v) is 13.1. The number of ether oxygens (including phenoxy) is 1. The molecule has 0 unspecified atom stereocenters. The molecule has 0 amide bonds. The van der Waals surface area contributed by atoms with Gasteiger partial charge in [0.2, 0.25) is 0 Å². The van der Waals surface area contributed by atoms with Crippen LogP contribution in [0.25, 0.3) is 0 Å². The second-order valence-electron chi connectivity index (χ2n) is 13.0. The number of aromatic hydroxyl groups is 2. The number of carbonyl (C=O) groups is 1. The number of hydrogen-bond donors (Lipinski definition) is 2. The van der Waals surface area contributed by atoms with Gasteiger partial charge < -0.3 is 14.9 Å². The zero-order valence-corrected chi connectivity index (χ0v) is 22.8. The van der Waals surface area contributed by atoms with E-state index < -0.39 is 10.8 Å². The van der Waals surface area contributed by atoms with Gasteiger partial charge in [0, 0.05) is 16.9 Å². The van der Waals surface area contributed by atoms with Gasteiger partial charge in [-0.1, -0.05) is 73.3 Å². The number of phenolic OH excluding ortho intramolecular Hbond substituents is 2. The van der Waals surface area contributed by atoms with Gasteiger partial charge in [0.15, 0.2) is 0 Å². The molecule has 0 aromatic heterocycles. The Bertz CT molecular complexity index is 940. The molecule has 1 fully saturated rings. The third-order valence-corrected chi connectivity index (χ3v) is 8.80. The lowest BCUT2D eigenvalue weighted by molar-refractivity contribution is -0.154. The van der Waals surface area contributed by atoms with E-state index in [1.165, 1.54) is 19.3 Å². The van der Waals surface area contributed by atoms with E-state index >= 15 is 0 Å². The largest absolute Gasteiger partial charge is 0.507 e. The van der Waals surface area contributed by atoms with Crippen LogP contribution in [0.2, 0.25) is 0 Å². The van der Waals surface area contributed by atoms with E-state index in [1.807, 2.05) is 32.9 Å². The fraction of sp³-hybridized carbons (Fsp3) is 0.700. The van der Waals surface area contributed by atoms with Crippen LogP contribution in [0.5, 0.6) is 11.5 Å². The van der Waals surface area contributed by atoms with Crippen LogP contribution >= 0.6 is 0 Å². The number of esters is 1. The van der Waals surface area contributed by atoms with Gasteiger partial charge in [0.05, 0.1) is 5.41 Å². The molecule has 0 bridgehead atoms. The predicted molar refractivity (Wildman–Crippen MR) is 138 cm³/mol. The fourth-order valence-corrected chi connectivity index (χ4v) is 6.43. The Balaban J connectivity index is 1.89. The number of rotatable bonds is 9. The summed E-state index contributed by atoms with van der Waals surface area (Å²) >= 11 is 0. The lowest BCUT2D eigenvalue weighted by Gasteiger charge is -2.71. The summed E-state index contributed by atoms with van der Waals surface area (Å²) in [5.74, 6) is 0.480. The molecule has 34 heavy (non-hydrogen) atoms. The van der Waals surface area contributed by atoms with E-state index in [2.05, 4.69) is 47.6 Å². The zero-order valence-electron chi connectivity index (χ0n) is 22.8. The van der Waals surface area contributed by atoms with Gasteiger partial charge in [-0.3, -0.25) is 4.79 Å². The Morgan fingerprint density at radius 3 is 2.15 bits per heavy atom. The summed E-state index contributed by atoms with van der Waals surface area (Å²) in [4.78, 5) is 12.3. The highest BCUT2D eigenvalue weighted by Gasteiger charge is 2.71. The lowest BCUT2D eigenvalue weighted by atomic mass is 9.32. The molecule has 3 atom stereocenters. The molecule has 0 heterocycles. The molecule has 0 spiro atoms. The number of phenols is 2. The molecule has 4 heteroatoms. The van der Waals surface area contributed by atoms with E-state index in [0.717, 1.165) is 24.0 Å². The molecule has 2 N–H and O–H groups in total. The Morgan fingerprint density at radius 2 is 1.62 bits per heavy atom. The Labute approximate surface area is 206 Å². The minimum Gasteiger partial charge on any atom is -0.507 e. The van der Waals surface area contributed by atoms with Crippen molar-refractivity contribution in [1.29, 1.82) is 0 Å². The van der Waals surface area contributed by atoms with Crippen LogP contribution in [0.15, 0.2) is 23.8 Å². The van der Waals surface area contributed by atoms with Crippen molar-refractivity contribution in [2.24, 2.45) is 22.7 Å². The van der Waals surface area contributed by atoms with Crippen LogP contribution in [-0.4, -0.2) is 22.8 Å². The van der Waals surface area contributed by atoms with Crippen LogP contribution in [0.4, 0.5) is 0 Å². The predicted octanol–water partition coefficient (Wildman–Crippen LogP) is 7.41. The maximum absolute atomic E-state index is 12.3. The molecular formula is C30H46O4. The normalized spacial score (nSPS) is 25.6. The van der Waals surface area contributed by atoms with Gasteiger partial charge in [0.25, 0.3) is 0 Å². The van der Waals surface area contributed by atoms with Crippen LogP contribution in [0, 0.1) is 22.7 Å². The average molecular weight is 471 g/mol. The molecular weight excluding hydrogens is 424 g/mol. The van der Waals surface area contributed by atoms with E-state index in [4.69, 9.17) is 4.74 Å². The first-order chi connectivity index (χ1) is 15.6. The third-order valence-electron chi connectivity index (χ3n) is 8.80. The van der Waals surface area contributed by atoms with Crippen LogP contribution in [-0.2, 0) is 20.4 Å². The Kier molecular flexibility index (Phi) is 6.98. The highest BCUT2D eigenvalue weighted by Crippen LogP contribution is 2.74. The summed E-state index contributed by atoms with van der Waals surface area (Å²) in [5, 5.41) is 22.4. The van der Waals surface area contributed by atoms with E-state index in [1.54, 1.807) is 0 Å². The Hall–Kier alpha value is -1.97. The molecule has 0 aliphatic heterocycles. The molecule has 190 valence electrons. The van der Waals surface area contributed by atoms with Crippen molar-refractivity contribution in [2.45, 2.75) is 105 Å². The van der Waals surface area contributed by atoms with Crippen molar-refractivity contribution in [3.8, 4) is 11.5 Å². The van der Waals surface area contributed by atoms with E-state index in [-0.39, 0.29) is 46.7 Å². The van der Waals surface area contributed by atoms with Crippen LogP contribution in [0.1, 0.15) is 106 Å². The van der Waals surface area contributed by atoms with Gasteiger partial charge in [0.1, 0.15) is 18.1 Å². The maximum atomic E-state index is 12.3. The minimum absolute atomic E-state index is 0.0195. The third kappa shape index (κ3) is 4.27. The monoisotopic (exact) mass is 470 g/mol. The van der Waals surface area contributed by atoms with Crippen molar-refractivity contribution >= 4 is 5.97 Å². The summed E-state index contributed by atoms with van der Waals surface area (Å²) in [7, 11) is 0. The summed E-state index contributed by atoms with van der Waals surface area (Å²) in [5.41, 5.74) is 1.58. The number of hydrogen-bond acceptors (Lipinski definition) is 4. The first kappa shape index (κ1) is 26.6. The molecule has 2 aliphatic rings. The highest BCUT2D eigenvalue weighted by molar-refractivity contribution is 5.75. The standard InChI is InChI=1S/C30H46O4/c1-10-11-12-13-14-28(6,7)21-15-22(31)24(23(32)16-21)30-17-20(18-34-26(33)27(3,4)5)25(30)29(8,9)19(30)2/h15-17,19,25,31-32H,10-14,18H2,1-9H3/t19-,25-,30+/m1/s1. The lowest BCUT2D eigenvalue weighted by Crippen LogP contribution is -2.68. The summed E-state index contributed by atoms with van der Waals surface area (Å²) < 4.78 is 5.62. The maximum Gasteiger partial charge on any atom is 0.311 e. The average Bonchev–Trinajstić information content (AvgIpc) is 2.70. The topological polar surface area (TPSA) is 66.8 Å². The number of allylic oxidation sites excluding steroid dienone is 1. The molecule has 1 aromatic carbocycles. The van der Waals surface area contributed by atoms with Gasteiger partial charge in [-0.2, -0.15) is 0 Å². The SMILES string of the molecule is CCCCCCC(C)(C)c1cc(O)c([C@@]23C=C(COC(=O)C(C)(C)C)[C@@H]2C(C)(C)[C@H]3C)c(O)c1. The number of carbonyl (C=O) groups excluding carboxylic acids is 1. The fourth-order valence-electron chi connectivity index (χ4n) is 6.43. The molecule has 1 saturated carbocycles. The van der Waals surface area contributed by atoms with E-state index in [9.17, 15) is 15.0 Å². The van der Waals surface area contributed by atoms with Crippen molar-refractivity contribution in [1.82, 2.24) is 0 Å². The van der Waals surface area contributed by atoms with Crippen LogP contribution in [0.3, 0.4) is 0 Å². The minimum atomic E-state index is -0.542. The van der Waals surface area contributed by atoms with Gasteiger partial charge in [-0.05, 0) is 67.2 Å². The molecule has 0 radical (unpaired) electrons. The first-order valence-electron chi connectivity index (χ1n) is 13.1.